The number of hydrogen-bond acceptors (Lipinski definition) is 3. The zero-order valence-corrected chi connectivity index (χ0v) is 13.3. The number of amides is 1. The summed E-state index contributed by atoms with van der Waals surface area (Å²) in [5.74, 6) is -1.04. The topological polar surface area (TPSA) is 64.0 Å². The van der Waals surface area contributed by atoms with Crippen molar-refractivity contribution < 1.29 is 9.18 Å². The minimum absolute atomic E-state index is 0.103. The Kier molecular flexibility index (Phi) is 4.83. The van der Waals surface area contributed by atoms with Gasteiger partial charge in [0.05, 0.1) is 10.7 Å². The molecule has 0 aliphatic carbocycles. The second-order valence-corrected chi connectivity index (χ2v) is 5.41. The fraction of sp³-hybridized carbons (Fsp3) is 0.214. The van der Waals surface area contributed by atoms with Crippen molar-refractivity contribution in [1.29, 1.82) is 0 Å². The third-order valence-corrected chi connectivity index (χ3v) is 3.66. The molecule has 1 heterocycles. The van der Waals surface area contributed by atoms with E-state index in [1.165, 1.54) is 16.7 Å². The van der Waals surface area contributed by atoms with E-state index in [-0.39, 0.29) is 16.7 Å². The third kappa shape index (κ3) is 3.45. The molecule has 1 N–H and O–H groups in total. The first kappa shape index (κ1) is 16.5. The molecule has 1 aromatic carbocycles. The van der Waals surface area contributed by atoms with Crippen LogP contribution in [-0.2, 0) is 11.3 Å². The van der Waals surface area contributed by atoms with Crippen LogP contribution in [0, 0.1) is 19.7 Å². The number of halogens is 3. The van der Waals surface area contributed by atoms with Gasteiger partial charge in [0.15, 0.2) is 5.15 Å². The van der Waals surface area contributed by atoms with Gasteiger partial charge in [-0.25, -0.2) is 9.37 Å². The van der Waals surface area contributed by atoms with Gasteiger partial charge in [0.1, 0.15) is 12.4 Å². The second-order valence-electron chi connectivity index (χ2n) is 4.64. The lowest BCUT2D eigenvalue weighted by molar-refractivity contribution is -0.116. The summed E-state index contributed by atoms with van der Waals surface area (Å²) in [5, 5.41) is 2.24. The summed E-state index contributed by atoms with van der Waals surface area (Å²) >= 11 is 11.4. The molecule has 2 rings (SSSR count). The van der Waals surface area contributed by atoms with Crippen molar-refractivity contribution in [1.82, 2.24) is 9.55 Å². The fourth-order valence-corrected chi connectivity index (χ4v) is 2.25. The van der Waals surface area contributed by atoms with E-state index in [9.17, 15) is 14.0 Å². The van der Waals surface area contributed by atoms with Gasteiger partial charge in [0.2, 0.25) is 5.91 Å². The Morgan fingerprint density at radius 3 is 2.68 bits per heavy atom. The number of carbonyl (C=O) groups is 1. The second kappa shape index (κ2) is 6.46. The van der Waals surface area contributed by atoms with Gasteiger partial charge in [0.25, 0.3) is 5.56 Å². The molecule has 0 bridgehead atoms. The van der Waals surface area contributed by atoms with Gasteiger partial charge < -0.3 is 5.32 Å². The average molecular weight is 344 g/mol. The van der Waals surface area contributed by atoms with Crippen LogP contribution in [0.15, 0.2) is 23.0 Å². The lowest BCUT2D eigenvalue weighted by Gasteiger charge is -2.12. The number of aromatic nitrogens is 2. The Hall–Kier alpha value is -1.92. The number of carbonyl (C=O) groups excluding carboxylic acids is 1. The van der Waals surface area contributed by atoms with Crippen LogP contribution in [0.1, 0.15) is 11.4 Å². The van der Waals surface area contributed by atoms with E-state index in [0.29, 0.717) is 17.1 Å². The Labute approximate surface area is 135 Å². The Bertz CT molecular complexity index is 805. The first-order valence-corrected chi connectivity index (χ1v) is 7.03. The van der Waals surface area contributed by atoms with Gasteiger partial charge in [0, 0.05) is 11.4 Å². The number of hydrogen-bond donors (Lipinski definition) is 1. The molecule has 8 heteroatoms. The van der Waals surface area contributed by atoms with Crippen molar-refractivity contribution in [2.75, 3.05) is 5.32 Å². The highest BCUT2D eigenvalue weighted by Gasteiger charge is 2.13. The maximum absolute atomic E-state index is 13.1. The Balaban J connectivity index is 2.23. The summed E-state index contributed by atoms with van der Waals surface area (Å²) in [6.45, 7) is 3.12. The number of aryl methyl sites for hydroxylation is 1. The maximum atomic E-state index is 13.1. The highest BCUT2D eigenvalue weighted by Crippen LogP contribution is 2.19. The van der Waals surface area contributed by atoms with Crippen LogP contribution < -0.4 is 10.9 Å². The van der Waals surface area contributed by atoms with Crippen LogP contribution in [0.4, 0.5) is 10.1 Å². The minimum atomic E-state index is -0.580. The number of nitrogens with one attached hydrogen (secondary N) is 1. The van der Waals surface area contributed by atoms with Gasteiger partial charge in [-0.1, -0.05) is 23.2 Å². The van der Waals surface area contributed by atoms with Crippen molar-refractivity contribution in [3.63, 3.8) is 0 Å². The van der Waals surface area contributed by atoms with Crippen LogP contribution >= 0.6 is 23.2 Å². The SMILES string of the molecule is Cc1nc(Cl)c(=O)n(CC(=O)Nc2ccc(F)c(Cl)c2)c1C. The van der Waals surface area contributed by atoms with Crippen LogP contribution in [0.3, 0.4) is 0 Å². The number of benzene rings is 1. The van der Waals surface area contributed by atoms with Gasteiger partial charge in [-0.2, -0.15) is 0 Å². The van der Waals surface area contributed by atoms with Crippen LogP contribution in [-0.4, -0.2) is 15.5 Å². The van der Waals surface area contributed by atoms with E-state index in [1.807, 2.05) is 0 Å². The van der Waals surface area contributed by atoms with Crippen molar-refractivity contribution in [3.8, 4) is 0 Å². The Morgan fingerprint density at radius 1 is 1.36 bits per heavy atom. The molecule has 0 aliphatic rings. The molecule has 0 spiro atoms. The van der Waals surface area contributed by atoms with E-state index in [4.69, 9.17) is 23.2 Å². The summed E-state index contributed by atoms with van der Waals surface area (Å²) in [7, 11) is 0. The molecule has 1 aromatic heterocycles. The first-order valence-electron chi connectivity index (χ1n) is 6.28. The first-order chi connectivity index (χ1) is 10.3. The number of rotatable bonds is 3. The molecule has 0 saturated heterocycles. The summed E-state index contributed by atoms with van der Waals surface area (Å²) in [6, 6.07) is 3.80. The average Bonchev–Trinajstić information content (AvgIpc) is 2.45. The summed E-state index contributed by atoms with van der Waals surface area (Å²) < 4.78 is 14.3. The molecule has 0 aliphatic heterocycles. The van der Waals surface area contributed by atoms with E-state index in [2.05, 4.69) is 10.3 Å². The highest BCUT2D eigenvalue weighted by molar-refractivity contribution is 6.31. The van der Waals surface area contributed by atoms with Gasteiger partial charge in [-0.05, 0) is 32.0 Å². The molecule has 0 fully saturated rings. The standard InChI is InChI=1S/C14H12Cl2FN3O2/c1-7-8(2)20(14(22)13(16)18-7)6-12(21)19-9-3-4-11(17)10(15)5-9/h3-5H,6H2,1-2H3,(H,19,21). The van der Waals surface area contributed by atoms with Crippen molar-refractivity contribution in [2.24, 2.45) is 0 Å². The monoisotopic (exact) mass is 343 g/mol. The van der Waals surface area contributed by atoms with E-state index < -0.39 is 17.3 Å². The molecule has 116 valence electrons. The zero-order valence-electron chi connectivity index (χ0n) is 11.8. The van der Waals surface area contributed by atoms with E-state index in [0.717, 1.165) is 6.07 Å². The normalized spacial score (nSPS) is 10.6. The largest absolute Gasteiger partial charge is 0.324 e. The maximum Gasteiger partial charge on any atom is 0.288 e. The predicted octanol–water partition coefficient (Wildman–Crippen LogP) is 2.94. The summed E-state index contributed by atoms with van der Waals surface area (Å²) in [4.78, 5) is 27.9. The third-order valence-electron chi connectivity index (χ3n) is 3.12. The van der Waals surface area contributed by atoms with E-state index in [1.54, 1.807) is 13.8 Å². The molecule has 0 atom stereocenters. The molecular weight excluding hydrogens is 332 g/mol. The molecule has 0 unspecified atom stereocenters. The van der Waals surface area contributed by atoms with Gasteiger partial charge >= 0.3 is 0 Å². The molecule has 2 aromatic rings. The van der Waals surface area contributed by atoms with Gasteiger partial charge in [-0.3, -0.25) is 14.2 Å². The summed E-state index contributed by atoms with van der Waals surface area (Å²) in [6.07, 6.45) is 0. The van der Waals surface area contributed by atoms with Gasteiger partial charge in [-0.15, -0.1) is 0 Å². The quantitative estimate of drug-likeness (QED) is 0.931. The van der Waals surface area contributed by atoms with Crippen LogP contribution in [0.25, 0.3) is 0 Å². The molecular formula is C14H12Cl2FN3O2. The smallest absolute Gasteiger partial charge is 0.288 e. The predicted molar refractivity (Wildman–Crippen MR) is 83.0 cm³/mol. The van der Waals surface area contributed by atoms with Crippen LogP contribution in [0.5, 0.6) is 0 Å². The molecule has 1 amide bonds. The highest BCUT2D eigenvalue weighted by atomic mass is 35.5. The molecule has 5 nitrogen and oxygen atoms in total. The summed E-state index contributed by atoms with van der Waals surface area (Å²) in [5.41, 5.74) is 0.889. The number of nitrogens with zero attached hydrogens (tertiary/aromatic N) is 2. The fourth-order valence-electron chi connectivity index (χ4n) is 1.84. The van der Waals surface area contributed by atoms with Crippen molar-refractivity contribution in [3.05, 3.63) is 55.9 Å². The molecule has 0 radical (unpaired) electrons. The van der Waals surface area contributed by atoms with Crippen LogP contribution in [0.2, 0.25) is 10.2 Å². The lowest BCUT2D eigenvalue weighted by Crippen LogP contribution is -2.31. The van der Waals surface area contributed by atoms with Crippen molar-refractivity contribution >= 4 is 34.8 Å². The molecule has 0 saturated carbocycles. The molecule has 22 heavy (non-hydrogen) atoms. The Morgan fingerprint density at radius 2 is 2.05 bits per heavy atom. The lowest BCUT2D eigenvalue weighted by atomic mass is 10.3. The zero-order chi connectivity index (χ0) is 16.4. The van der Waals surface area contributed by atoms with E-state index >= 15 is 0 Å². The minimum Gasteiger partial charge on any atom is -0.324 e. The number of anilines is 1. The van der Waals surface area contributed by atoms with Crippen molar-refractivity contribution in [2.45, 2.75) is 20.4 Å².